The molecular formula is C14H14N2O3. The second-order valence-electron chi connectivity index (χ2n) is 3.89. The number of carbonyl (C=O) groups excluding carboxylic acids is 1. The van der Waals surface area contributed by atoms with E-state index < -0.39 is 11.9 Å². The lowest BCUT2D eigenvalue weighted by atomic mass is 9.92. The highest BCUT2D eigenvalue weighted by atomic mass is 16.5. The van der Waals surface area contributed by atoms with Gasteiger partial charge in [0.25, 0.3) is 0 Å². The molecule has 5 nitrogen and oxygen atoms in total. The van der Waals surface area contributed by atoms with Crippen molar-refractivity contribution in [2.45, 2.75) is 26.2 Å². The van der Waals surface area contributed by atoms with Gasteiger partial charge in [-0.1, -0.05) is 6.92 Å². The highest BCUT2D eigenvalue weighted by Gasteiger charge is 2.24. The highest BCUT2D eigenvalue weighted by molar-refractivity contribution is 5.79. The molecule has 0 spiro atoms. The Morgan fingerprint density at radius 2 is 1.89 bits per heavy atom. The van der Waals surface area contributed by atoms with Crippen molar-refractivity contribution in [1.29, 1.82) is 10.5 Å². The van der Waals surface area contributed by atoms with Gasteiger partial charge in [0, 0.05) is 5.56 Å². The van der Waals surface area contributed by atoms with Crippen LogP contribution in [-0.4, -0.2) is 17.7 Å². The molecule has 0 aliphatic rings. The van der Waals surface area contributed by atoms with Crippen molar-refractivity contribution in [3.63, 3.8) is 0 Å². The fraction of sp³-hybridized carbons (Fsp3) is 0.357. The van der Waals surface area contributed by atoms with Crippen LogP contribution in [0.2, 0.25) is 0 Å². The molecule has 5 heteroatoms. The Morgan fingerprint density at radius 3 is 2.37 bits per heavy atom. The van der Waals surface area contributed by atoms with Gasteiger partial charge in [0.1, 0.15) is 17.9 Å². The van der Waals surface area contributed by atoms with Gasteiger partial charge >= 0.3 is 5.97 Å². The Bertz CT molecular complexity index is 567. The minimum absolute atomic E-state index is 0.0856. The van der Waals surface area contributed by atoms with Crippen molar-refractivity contribution >= 4 is 5.97 Å². The topological polar surface area (TPSA) is 94.1 Å². The zero-order chi connectivity index (χ0) is 14.4. The summed E-state index contributed by atoms with van der Waals surface area (Å²) in [4.78, 5) is 11.8. The molecule has 19 heavy (non-hydrogen) atoms. The molecule has 0 aliphatic heterocycles. The number of nitriles is 2. The number of aromatic hydroxyl groups is 1. The summed E-state index contributed by atoms with van der Waals surface area (Å²) in [5, 5.41) is 27.7. The van der Waals surface area contributed by atoms with Gasteiger partial charge in [-0.05, 0) is 25.5 Å². The maximum absolute atomic E-state index is 11.8. The monoisotopic (exact) mass is 258 g/mol. The molecule has 0 saturated heterocycles. The summed E-state index contributed by atoms with van der Waals surface area (Å²) in [6.45, 7) is 3.73. The smallest absolute Gasteiger partial charge is 0.313 e. The SMILES string of the molecule is CCOC(=O)[C@H](CC)c1cc(C#N)c(C#N)cc1O. The first-order valence-corrected chi connectivity index (χ1v) is 5.92. The molecule has 0 fully saturated rings. The molecule has 0 radical (unpaired) electrons. The fourth-order valence-corrected chi connectivity index (χ4v) is 1.83. The average Bonchev–Trinajstić information content (AvgIpc) is 2.41. The lowest BCUT2D eigenvalue weighted by Gasteiger charge is -2.15. The molecule has 0 unspecified atom stereocenters. The van der Waals surface area contributed by atoms with E-state index in [2.05, 4.69) is 0 Å². The van der Waals surface area contributed by atoms with Crippen molar-refractivity contribution < 1.29 is 14.6 Å². The highest BCUT2D eigenvalue weighted by Crippen LogP contribution is 2.31. The van der Waals surface area contributed by atoms with Crippen LogP contribution in [0.15, 0.2) is 12.1 Å². The molecule has 0 saturated carbocycles. The predicted octanol–water partition coefficient (Wildman–Crippen LogP) is 2.19. The van der Waals surface area contributed by atoms with Crippen LogP contribution >= 0.6 is 0 Å². The van der Waals surface area contributed by atoms with Gasteiger partial charge in [0.15, 0.2) is 0 Å². The number of hydrogen-bond acceptors (Lipinski definition) is 5. The predicted molar refractivity (Wildman–Crippen MR) is 67.2 cm³/mol. The van der Waals surface area contributed by atoms with Crippen molar-refractivity contribution in [2.75, 3.05) is 6.61 Å². The van der Waals surface area contributed by atoms with E-state index in [9.17, 15) is 9.90 Å². The largest absolute Gasteiger partial charge is 0.508 e. The first-order chi connectivity index (χ1) is 9.08. The molecule has 1 atom stereocenters. The van der Waals surface area contributed by atoms with E-state index in [-0.39, 0.29) is 23.5 Å². The Kier molecular flexibility index (Phi) is 4.91. The molecule has 1 rings (SSSR count). The summed E-state index contributed by atoms with van der Waals surface area (Å²) >= 11 is 0. The maximum Gasteiger partial charge on any atom is 0.313 e. The van der Waals surface area contributed by atoms with Crippen LogP contribution in [0.5, 0.6) is 5.75 Å². The van der Waals surface area contributed by atoms with Gasteiger partial charge < -0.3 is 9.84 Å². The van der Waals surface area contributed by atoms with Gasteiger partial charge in [0.2, 0.25) is 0 Å². The molecule has 1 aromatic carbocycles. The van der Waals surface area contributed by atoms with Crippen LogP contribution in [0.1, 0.15) is 42.9 Å². The summed E-state index contributed by atoms with van der Waals surface area (Å²) in [5.41, 5.74) is 0.539. The molecule has 0 amide bonds. The number of rotatable bonds is 4. The third-order valence-electron chi connectivity index (χ3n) is 2.76. The van der Waals surface area contributed by atoms with E-state index >= 15 is 0 Å². The number of phenols is 1. The molecule has 0 aliphatic carbocycles. The molecule has 0 bridgehead atoms. The number of benzene rings is 1. The number of nitrogens with zero attached hydrogens (tertiary/aromatic N) is 2. The van der Waals surface area contributed by atoms with Gasteiger partial charge in [-0.2, -0.15) is 10.5 Å². The average molecular weight is 258 g/mol. The van der Waals surface area contributed by atoms with Crippen LogP contribution in [0.4, 0.5) is 0 Å². The second-order valence-corrected chi connectivity index (χ2v) is 3.89. The first kappa shape index (κ1) is 14.5. The van der Waals surface area contributed by atoms with Gasteiger partial charge in [-0.25, -0.2) is 0 Å². The van der Waals surface area contributed by atoms with Crippen molar-refractivity contribution in [3.05, 3.63) is 28.8 Å². The number of carbonyl (C=O) groups is 1. The molecular weight excluding hydrogens is 244 g/mol. The third-order valence-corrected chi connectivity index (χ3v) is 2.76. The minimum Gasteiger partial charge on any atom is -0.508 e. The minimum atomic E-state index is -0.639. The molecule has 98 valence electrons. The van der Waals surface area contributed by atoms with E-state index in [1.165, 1.54) is 12.1 Å². The fourth-order valence-electron chi connectivity index (χ4n) is 1.83. The van der Waals surface area contributed by atoms with Crippen LogP contribution in [0.25, 0.3) is 0 Å². The van der Waals surface area contributed by atoms with Gasteiger partial charge in [0.05, 0.1) is 23.7 Å². The molecule has 1 aromatic rings. The van der Waals surface area contributed by atoms with E-state index in [4.69, 9.17) is 15.3 Å². The van der Waals surface area contributed by atoms with Crippen LogP contribution in [0.3, 0.4) is 0 Å². The number of phenolic OH excluding ortho intramolecular Hbond substituents is 1. The van der Waals surface area contributed by atoms with Crippen molar-refractivity contribution in [1.82, 2.24) is 0 Å². The number of ether oxygens (including phenoxy) is 1. The normalized spacial score (nSPS) is 11.2. The summed E-state index contributed by atoms with van der Waals surface area (Å²) < 4.78 is 4.94. The van der Waals surface area contributed by atoms with E-state index in [0.29, 0.717) is 12.0 Å². The second kappa shape index (κ2) is 6.42. The van der Waals surface area contributed by atoms with Gasteiger partial charge in [-0.15, -0.1) is 0 Å². The standard InChI is InChI=1S/C14H14N2O3/c1-3-11(14(18)19-4-2)12-5-9(7-15)10(8-16)6-13(12)17/h5-6,11,17H,3-4H2,1-2H3/t11-/m1/s1. The first-order valence-electron chi connectivity index (χ1n) is 5.92. The molecule has 0 heterocycles. The number of esters is 1. The number of hydrogen-bond donors (Lipinski definition) is 1. The summed E-state index contributed by atoms with van der Waals surface area (Å²) in [6, 6.07) is 6.28. The zero-order valence-corrected chi connectivity index (χ0v) is 10.8. The lowest BCUT2D eigenvalue weighted by Crippen LogP contribution is -2.15. The Labute approximate surface area is 111 Å². The Morgan fingerprint density at radius 1 is 1.32 bits per heavy atom. The molecule has 1 N–H and O–H groups in total. The quantitative estimate of drug-likeness (QED) is 0.835. The van der Waals surface area contributed by atoms with Crippen molar-refractivity contribution in [3.8, 4) is 17.9 Å². The summed E-state index contributed by atoms with van der Waals surface area (Å²) in [5.74, 6) is -1.26. The maximum atomic E-state index is 11.8. The van der Waals surface area contributed by atoms with Crippen LogP contribution in [-0.2, 0) is 9.53 Å². The third kappa shape index (κ3) is 3.02. The molecule has 0 aromatic heterocycles. The van der Waals surface area contributed by atoms with Crippen LogP contribution < -0.4 is 0 Å². The van der Waals surface area contributed by atoms with Crippen LogP contribution in [0, 0.1) is 22.7 Å². The zero-order valence-electron chi connectivity index (χ0n) is 10.8. The summed E-state index contributed by atoms with van der Waals surface area (Å²) in [7, 11) is 0. The van der Waals surface area contributed by atoms with E-state index in [0.717, 1.165) is 0 Å². The van der Waals surface area contributed by atoms with E-state index in [1.807, 2.05) is 12.1 Å². The van der Waals surface area contributed by atoms with Gasteiger partial charge in [-0.3, -0.25) is 4.79 Å². The lowest BCUT2D eigenvalue weighted by molar-refractivity contribution is -0.145. The Hall–Kier alpha value is -2.53. The van der Waals surface area contributed by atoms with Crippen molar-refractivity contribution in [2.24, 2.45) is 0 Å². The van der Waals surface area contributed by atoms with E-state index in [1.54, 1.807) is 13.8 Å². The summed E-state index contributed by atoms with van der Waals surface area (Å²) in [6.07, 6.45) is 0.434. The Balaban J connectivity index is 3.30.